The van der Waals surface area contributed by atoms with E-state index in [-0.39, 0.29) is 24.0 Å². The van der Waals surface area contributed by atoms with Gasteiger partial charge in [0.05, 0.1) is 12.2 Å². The first kappa shape index (κ1) is 23.2. The number of nitrogens with two attached hydrogens (primary N) is 1. The van der Waals surface area contributed by atoms with Crippen molar-refractivity contribution in [2.24, 2.45) is 23.7 Å². The van der Waals surface area contributed by atoms with Gasteiger partial charge in [0.2, 0.25) is 0 Å². The number of hydrogen-bond donors (Lipinski definition) is 2. The summed E-state index contributed by atoms with van der Waals surface area (Å²) < 4.78 is 1.97. The molecular formula is C18H36IN5. The van der Waals surface area contributed by atoms with Gasteiger partial charge in [-0.2, -0.15) is 5.10 Å². The first-order valence-corrected chi connectivity index (χ1v) is 8.99. The molecule has 1 aromatic rings. The lowest BCUT2D eigenvalue weighted by Crippen LogP contribution is -2.38. The van der Waals surface area contributed by atoms with E-state index in [1.807, 2.05) is 11.7 Å². The molecule has 0 aromatic carbocycles. The monoisotopic (exact) mass is 449 g/mol. The fraction of sp³-hybridized carbons (Fsp3) is 0.778. The molecule has 0 fully saturated rings. The van der Waals surface area contributed by atoms with Crippen molar-refractivity contribution in [1.29, 1.82) is 0 Å². The van der Waals surface area contributed by atoms with Crippen molar-refractivity contribution in [2.45, 2.75) is 79.3 Å². The molecule has 24 heavy (non-hydrogen) atoms. The number of nitrogens with zero attached hydrogens (tertiary/aromatic N) is 3. The first-order valence-electron chi connectivity index (χ1n) is 8.99. The van der Waals surface area contributed by atoms with E-state index in [0.29, 0.717) is 18.5 Å². The molecule has 0 spiro atoms. The van der Waals surface area contributed by atoms with Crippen LogP contribution in [0, 0.1) is 5.92 Å². The van der Waals surface area contributed by atoms with Crippen molar-refractivity contribution in [3.05, 3.63) is 17.0 Å². The average molecular weight is 449 g/mol. The number of aromatic nitrogens is 2. The second kappa shape index (κ2) is 11.7. The third-order valence-corrected chi connectivity index (χ3v) is 4.25. The molecular weight excluding hydrogens is 413 g/mol. The van der Waals surface area contributed by atoms with Crippen LogP contribution in [0.5, 0.6) is 0 Å². The number of aryl methyl sites for hydroxylation is 2. The van der Waals surface area contributed by atoms with Gasteiger partial charge in [0.1, 0.15) is 0 Å². The van der Waals surface area contributed by atoms with Gasteiger partial charge in [-0.05, 0) is 32.1 Å². The van der Waals surface area contributed by atoms with Crippen LogP contribution in [0.2, 0.25) is 0 Å². The van der Waals surface area contributed by atoms with Crippen LogP contribution >= 0.6 is 24.0 Å². The number of halogens is 1. The predicted octanol–water partition coefficient (Wildman–Crippen LogP) is 3.78. The van der Waals surface area contributed by atoms with Gasteiger partial charge >= 0.3 is 0 Å². The van der Waals surface area contributed by atoms with Gasteiger partial charge in [0.15, 0.2) is 5.96 Å². The zero-order valence-corrected chi connectivity index (χ0v) is 18.6. The van der Waals surface area contributed by atoms with Crippen LogP contribution in [-0.4, -0.2) is 21.8 Å². The molecule has 0 aliphatic rings. The Morgan fingerprint density at radius 1 is 1.21 bits per heavy atom. The third kappa shape index (κ3) is 7.40. The van der Waals surface area contributed by atoms with Gasteiger partial charge in [-0.25, -0.2) is 4.99 Å². The maximum atomic E-state index is 6.06. The quantitative estimate of drug-likeness (QED) is 0.343. The molecule has 0 bridgehead atoms. The van der Waals surface area contributed by atoms with E-state index >= 15 is 0 Å². The Kier molecular flexibility index (Phi) is 11.3. The van der Waals surface area contributed by atoms with Crippen molar-refractivity contribution in [1.82, 2.24) is 15.1 Å². The largest absolute Gasteiger partial charge is 0.370 e. The molecule has 0 saturated carbocycles. The molecule has 1 heterocycles. The smallest absolute Gasteiger partial charge is 0.189 e. The lowest BCUT2D eigenvalue weighted by atomic mass is 10.0. The van der Waals surface area contributed by atoms with Crippen molar-refractivity contribution in [3.8, 4) is 0 Å². The zero-order valence-electron chi connectivity index (χ0n) is 16.2. The summed E-state index contributed by atoms with van der Waals surface area (Å²) in [6.45, 7) is 11.6. The van der Waals surface area contributed by atoms with Crippen LogP contribution in [0.15, 0.2) is 4.99 Å². The van der Waals surface area contributed by atoms with Crippen molar-refractivity contribution < 1.29 is 0 Å². The molecule has 1 aromatic heterocycles. The summed E-state index contributed by atoms with van der Waals surface area (Å²) in [7, 11) is 2.00. The van der Waals surface area contributed by atoms with Gasteiger partial charge in [-0.15, -0.1) is 24.0 Å². The highest BCUT2D eigenvalue weighted by molar-refractivity contribution is 14.0. The van der Waals surface area contributed by atoms with Gasteiger partial charge in [-0.1, -0.05) is 40.5 Å². The average Bonchev–Trinajstić information content (AvgIpc) is 2.79. The Hall–Kier alpha value is -0.790. The third-order valence-electron chi connectivity index (χ3n) is 4.25. The topological polar surface area (TPSA) is 68.2 Å². The maximum Gasteiger partial charge on any atom is 0.189 e. The van der Waals surface area contributed by atoms with E-state index in [1.165, 1.54) is 24.1 Å². The lowest BCUT2D eigenvalue weighted by molar-refractivity contribution is 0.493. The molecule has 6 heteroatoms. The van der Waals surface area contributed by atoms with Crippen molar-refractivity contribution in [2.75, 3.05) is 0 Å². The van der Waals surface area contributed by atoms with E-state index in [4.69, 9.17) is 5.73 Å². The Balaban J connectivity index is 0.00000529. The number of aliphatic imine (C=N–C) groups is 1. The second-order valence-corrected chi connectivity index (χ2v) is 6.77. The summed E-state index contributed by atoms with van der Waals surface area (Å²) >= 11 is 0. The minimum absolute atomic E-state index is 0. The van der Waals surface area contributed by atoms with Gasteiger partial charge in [-0.3, -0.25) is 4.68 Å². The first-order chi connectivity index (χ1) is 10.9. The fourth-order valence-electron chi connectivity index (χ4n) is 2.94. The molecule has 3 N–H and O–H groups in total. The summed E-state index contributed by atoms with van der Waals surface area (Å²) in [5.41, 5.74) is 9.67. The SMILES string of the molecule is CCc1nn(C)c(CC)c1CN=C(N)NC(C)CCCC(C)C.I. The van der Waals surface area contributed by atoms with E-state index < -0.39 is 0 Å². The zero-order chi connectivity index (χ0) is 17.4. The molecule has 1 rings (SSSR count). The summed E-state index contributed by atoms with van der Waals surface area (Å²) in [5.74, 6) is 1.30. The summed E-state index contributed by atoms with van der Waals surface area (Å²) in [6, 6.07) is 0.364. The Bertz CT molecular complexity index is 508. The maximum absolute atomic E-state index is 6.06. The summed E-state index contributed by atoms with van der Waals surface area (Å²) in [5, 5.41) is 7.89. The van der Waals surface area contributed by atoms with Crippen LogP contribution in [0.1, 0.15) is 70.8 Å². The Labute approximate surface area is 164 Å². The minimum atomic E-state index is 0. The van der Waals surface area contributed by atoms with Gasteiger partial charge in [0.25, 0.3) is 0 Å². The fourth-order valence-corrected chi connectivity index (χ4v) is 2.94. The molecule has 0 aliphatic carbocycles. The molecule has 140 valence electrons. The molecule has 1 unspecified atom stereocenters. The van der Waals surface area contributed by atoms with Crippen LogP contribution < -0.4 is 11.1 Å². The molecule has 0 amide bonds. The number of guanidine groups is 1. The second-order valence-electron chi connectivity index (χ2n) is 6.77. The number of nitrogens with one attached hydrogen (secondary N) is 1. The Morgan fingerprint density at radius 3 is 2.42 bits per heavy atom. The van der Waals surface area contributed by atoms with Crippen LogP contribution in [0.4, 0.5) is 0 Å². The van der Waals surface area contributed by atoms with E-state index in [1.54, 1.807) is 0 Å². The van der Waals surface area contributed by atoms with Gasteiger partial charge < -0.3 is 11.1 Å². The van der Waals surface area contributed by atoms with E-state index in [2.05, 4.69) is 50.0 Å². The van der Waals surface area contributed by atoms with Crippen LogP contribution in [0.25, 0.3) is 0 Å². The molecule has 1 atom stereocenters. The van der Waals surface area contributed by atoms with Crippen molar-refractivity contribution >= 4 is 29.9 Å². The van der Waals surface area contributed by atoms with Crippen LogP contribution in [-0.2, 0) is 26.4 Å². The number of rotatable bonds is 9. The molecule has 5 nitrogen and oxygen atoms in total. The summed E-state index contributed by atoms with van der Waals surface area (Å²) in [4.78, 5) is 4.54. The molecule has 0 aliphatic heterocycles. The number of hydrogen-bond acceptors (Lipinski definition) is 2. The molecule has 0 radical (unpaired) electrons. The van der Waals surface area contributed by atoms with E-state index in [9.17, 15) is 0 Å². The van der Waals surface area contributed by atoms with Crippen LogP contribution in [0.3, 0.4) is 0 Å². The minimum Gasteiger partial charge on any atom is -0.370 e. The molecule has 0 saturated heterocycles. The summed E-state index contributed by atoms with van der Waals surface area (Å²) in [6.07, 6.45) is 5.51. The van der Waals surface area contributed by atoms with Crippen molar-refractivity contribution in [3.63, 3.8) is 0 Å². The van der Waals surface area contributed by atoms with Gasteiger partial charge in [0, 0.05) is 24.3 Å². The highest BCUT2D eigenvalue weighted by Gasteiger charge is 2.13. The van der Waals surface area contributed by atoms with E-state index in [0.717, 1.165) is 30.9 Å². The lowest BCUT2D eigenvalue weighted by Gasteiger charge is -2.15. The predicted molar refractivity (Wildman–Crippen MR) is 114 cm³/mol. The highest BCUT2D eigenvalue weighted by atomic mass is 127. The normalized spacial score (nSPS) is 13.0. The standard InChI is InChI=1S/C18H35N5.HI/c1-7-16-15(17(8-2)23(6)22-16)12-20-18(19)21-14(5)11-9-10-13(3)4;/h13-14H,7-12H2,1-6H3,(H3,19,20,21);1H. The highest BCUT2D eigenvalue weighted by Crippen LogP contribution is 2.16. The Morgan fingerprint density at radius 2 is 1.88 bits per heavy atom.